The molecule has 2 aromatic rings. The van der Waals surface area contributed by atoms with E-state index in [0.29, 0.717) is 18.1 Å². The molecule has 1 aromatic heterocycles. The second kappa shape index (κ2) is 6.52. The van der Waals surface area contributed by atoms with Crippen LogP contribution in [0.15, 0.2) is 24.5 Å². The molecule has 0 aliphatic carbocycles. The van der Waals surface area contributed by atoms with Gasteiger partial charge in [0.05, 0.1) is 10.6 Å². The molecule has 0 aliphatic rings. The van der Waals surface area contributed by atoms with Crippen LogP contribution in [0.1, 0.15) is 19.4 Å². The highest BCUT2D eigenvalue weighted by molar-refractivity contribution is 6.30. The van der Waals surface area contributed by atoms with Crippen molar-refractivity contribution in [2.75, 3.05) is 11.9 Å². The third kappa shape index (κ3) is 3.17. The van der Waals surface area contributed by atoms with Crippen molar-refractivity contribution in [1.29, 1.82) is 0 Å². The number of rotatable bonds is 5. The predicted molar refractivity (Wildman–Crippen MR) is 77.1 cm³/mol. The fourth-order valence-corrected chi connectivity index (χ4v) is 1.89. The fourth-order valence-electron chi connectivity index (χ4n) is 1.77. The summed E-state index contributed by atoms with van der Waals surface area (Å²) in [4.78, 5) is 8.29. The lowest BCUT2D eigenvalue weighted by Gasteiger charge is -2.12. The lowest BCUT2D eigenvalue weighted by atomic mass is 10.2. The van der Waals surface area contributed by atoms with Gasteiger partial charge in [-0.25, -0.2) is 14.4 Å². The zero-order valence-electron chi connectivity index (χ0n) is 11.3. The Hall–Kier alpha value is -1.88. The van der Waals surface area contributed by atoms with Crippen LogP contribution in [0.4, 0.5) is 10.2 Å². The van der Waals surface area contributed by atoms with Gasteiger partial charge < -0.3 is 10.1 Å². The number of aromatic nitrogens is 2. The molecule has 0 aliphatic heterocycles. The second-order valence-corrected chi connectivity index (χ2v) is 4.48. The molecule has 1 N–H and O–H groups in total. The van der Waals surface area contributed by atoms with Crippen molar-refractivity contribution in [3.8, 4) is 11.6 Å². The van der Waals surface area contributed by atoms with Gasteiger partial charge in [0.1, 0.15) is 23.7 Å². The minimum Gasteiger partial charge on any atom is -0.438 e. The first-order valence-corrected chi connectivity index (χ1v) is 6.74. The molecule has 1 aromatic carbocycles. The van der Waals surface area contributed by atoms with Gasteiger partial charge in [-0.2, -0.15) is 0 Å². The van der Waals surface area contributed by atoms with Crippen molar-refractivity contribution in [1.82, 2.24) is 9.97 Å². The molecule has 0 bridgehead atoms. The third-order valence-electron chi connectivity index (χ3n) is 2.71. The highest BCUT2D eigenvalue weighted by Gasteiger charge is 2.12. The molecule has 6 heteroatoms. The van der Waals surface area contributed by atoms with Crippen molar-refractivity contribution >= 4 is 17.4 Å². The maximum absolute atomic E-state index is 13.4. The highest BCUT2D eigenvalue weighted by Crippen LogP contribution is 2.29. The molecule has 106 valence electrons. The topological polar surface area (TPSA) is 47.0 Å². The van der Waals surface area contributed by atoms with E-state index in [1.165, 1.54) is 18.5 Å². The molecular weight excluding hydrogens is 281 g/mol. The Morgan fingerprint density at radius 2 is 2.10 bits per heavy atom. The van der Waals surface area contributed by atoms with Crippen LogP contribution in [0.5, 0.6) is 11.6 Å². The van der Waals surface area contributed by atoms with Gasteiger partial charge in [-0.3, -0.25) is 0 Å². The maximum atomic E-state index is 13.4. The Balaban J connectivity index is 2.32. The Kier molecular flexibility index (Phi) is 4.74. The molecular formula is C14H15ClFN3O. The Labute approximate surface area is 122 Å². The molecule has 2 rings (SSSR count). The summed E-state index contributed by atoms with van der Waals surface area (Å²) in [5, 5.41) is 3.21. The van der Waals surface area contributed by atoms with Gasteiger partial charge in [0.15, 0.2) is 0 Å². The van der Waals surface area contributed by atoms with Crippen molar-refractivity contribution in [2.45, 2.75) is 20.3 Å². The molecule has 0 saturated carbocycles. The lowest BCUT2D eigenvalue weighted by molar-refractivity contribution is 0.451. The Morgan fingerprint density at radius 3 is 2.75 bits per heavy atom. The first kappa shape index (κ1) is 14.5. The van der Waals surface area contributed by atoms with Gasteiger partial charge >= 0.3 is 0 Å². The quantitative estimate of drug-likeness (QED) is 0.904. The minimum absolute atomic E-state index is 0.0593. The zero-order chi connectivity index (χ0) is 14.5. The summed E-state index contributed by atoms with van der Waals surface area (Å²) in [6, 6.07) is 4.28. The monoisotopic (exact) mass is 295 g/mol. The zero-order valence-corrected chi connectivity index (χ0v) is 12.0. The fraction of sp³-hybridized carbons (Fsp3) is 0.286. The maximum Gasteiger partial charge on any atom is 0.227 e. The average molecular weight is 296 g/mol. The number of nitrogens with one attached hydrogen (secondary N) is 1. The van der Waals surface area contributed by atoms with Crippen LogP contribution in [0.3, 0.4) is 0 Å². The smallest absolute Gasteiger partial charge is 0.227 e. The van der Waals surface area contributed by atoms with E-state index in [4.69, 9.17) is 16.3 Å². The molecule has 0 fully saturated rings. The van der Waals surface area contributed by atoms with Gasteiger partial charge in [-0.1, -0.05) is 18.5 Å². The summed E-state index contributed by atoms with van der Waals surface area (Å²) in [5.74, 6) is 0.973. The molecule has 1 heterocycles. The summed E-state index contributed by atoms with van der Waals surface area (Å²) >= 11 is 5.64. The molecule has 0 radical (unpaired) electrons. The summed E-state index contributed by atoms with van der Waals surface area (Å²) in [6.07, 6.45) is 2.12. The number of ether oxygens (including phenoxy) is 1. The molecule has 4 nitrogen and oxygen atoms in total. The van der Waals surface area contributed by atoms with Crippen molar-refractivity contribution in [2.24, 2.45) is 0 Å². The van der Waals surface area contributed by atoms with E-state index in [-0.39, 0.29) is 5.02 Å². The molecule has 0 amide bonds. The van der Waals surface area contributed by atoms with Crippen molar-refractivity contribution < 1.29 is 9.13 Å². The largest absolute Gasteiger partial charge is 0.438 e. The summed E-state index contributed by atoms with van der Waals surface area (Å²) in [5.41, 5.74) is 0.852. The van der Waals surface area contributed by atoms with Gasteiger partial charge in [0.25, 0.3) is 0 Å². The van der Waals surface area contributed by atoms with E-state index in [2.05, 4.69) is 15.3 Å². The van der Waals surface area contributed by atoms with Gasteiger partial charge in [-0.15, -0.1) is 0 Å². The van der Waals surface area contributed by atoms with E-state index in [0.717, 1.165) is 17.9 Å². The summed E-state index contributed by atoms with van der Waals surface area (Å²) in [7, 11) is 0. The van der Waals surface area contributed by atoms with Crippen LogP contribution >= 0.6 is 11.6 Å². The van der Waals surface area contributed by atoms with Crippen molar-refractivity contribution in [3.63, 3.8) is 0 Å². The Bertz CT molecular complexity index is 607. The van der Waals surface area contributed by atoms with Crippen LogP contribution in [-0.4, -0.2) is 16.5 Å². The van der Waals surface area contributed by atoms with Gasteiger partial charge in [-0.05, 0) is 25.5 Å². The van der Waals surface area contributed by atoms with E-state index >= 15 is 0 Å². The van der Waals surface area contributed by atoms with Gasteiger partial charge in [0.2, 0.25) is 5.88 Å². The number of nitrogens with zero attached hydrogens (tertiary/aromatic N) is 2. The number of hydrogen-bond donors (Lipinski definition) is 1. The van der Waals surface area contributed by atoms with Crippen LogP contribution < -0.4 is 10.1 Å². The van der Waals surface area contributed by atoms with Crippen LogP contribution in [-0.2, 0) is 6.42 Å². The van der Waals surface area contributed by atoms with Gasteiger partial charge in [0, 0.05) is 12.6 Å². The number of halogens is 2. The third-order valence-corrected chi connectivity index (χ3v) is 3.02. The number of anilines is 1. The standard InChI is InChI=1S/C14H15ClFN3O/c1-3-10-13(17-4-2)18-8-19-14(10)20-9-5-6-11(15)12(16)7-9/h5-8H,3-4H2,1-2H3,(H,17,18,19). The minimum atomic E-state index is -0.525. The SMILES string of the molecule is CCNc1ncnc(Oc2ccc(Cl)c(F)c2)c1CC. The highest BCUT2D eigenvalue weighted by atomic mass is 35.5. The molecule has 0 spiro atoms. The number of benzene rings is 1. The normalized spacial score (nSPS) is 10.4. The van der Waals surface area contributed by atoms with Crippen LogP contribution in [0.25, 0.3) is 0 Å². The predicted octanol–water partition coefficient (Wildman–Crippen LogP) is 4.06. The molecule has 0 atom stereocenters. The molecule has 0 saturated heterocycles. The first-order valence-electron chi connectivity index (χ1n) is 6.36. The number of hydrogen-bond acceptors (Lipinski definition) is 4. The van der Waals surface area contributed by atoms with E-state index in [1.807, 2.05) is 13.8 Å². The lowest BCUT2D eigenvalue weighted by Crippen LogP contribution is -2.05. The average Bonchev–Trinajstić information content (AvgIpc) is 2.44. The van der Waals surface area contributed by atoms with E-state index < -0.39 is 5.82 Å². The Morgan fingerprint density at radius 1 is 1.30 bits per heavy atom. The summed E-state index contributed by atoms with van der Waals surface area (Å²) in [6.45, 7) is 4.71. The van der Waals surface area contributed by atoms with Crippen molar-refractivity contribution in [3.05, 3.63) is 40.9 Å². The molecule has 20 heavy (non-hydrogen) atoms. The second-order valence-electron chi connectivity index (χ2n) is 4.07. The van der Waals surface area contributed by atoms with E-state index in [9.17, 15) is 4.39 Å². The summed E-state index contributed by atoms with van der Waals surface area (Å²) < 4.78 is 19.0. The molecule has 0 unspecified atom stereocenters. The van der Waals surface area contributed by atoms with Crippen LogP contribution in [0, 0.1) is 5.82 Å². The van der Waals surface area contributed by atoms with Crippen LogP contribution in [0.2, 0.25) is 5.02 Å². The van der Waals surface area contributed by atoms with E-state index in [1.54, 1.807) is 6.07 Å². The first-order chi connectivity index (χ1) is 9.65.